The number of anilines is 5. The highest BCUT2D eigenvalue weighted by Crippen LogP contribution is 2.39. The fraction of sp³-hybridized carbons (Fsp3) is 0. The monoisotopic (exact) mass is 217 g/mol. The Morgan fingerprint density at radius 1 is 0.800 bits per heavy atom. The number of nitrogens with one attached hydrogen (secondary N) is 4. The molecule has 10 N–H and O–H groups in total. The minimum absolute atomic E-state index is 0.00514. The zero-order valence-electron chi connectivity index (χ0n) is 7.44. The number of nitrogens with two attached hydrogens (primary N) is 1. The van der Waals surface area contributed by atoms with Crippen LogP contribution in [0.1, 0.15) is 0 Å². The first-order valence-corrected chi connectivity index (χ1v) is 3.76. The molecular weight excluding hydrogens is 206 g/mol. The molecule has 1 aromatic carbocycles. The highest BCUT2D eigenvalue weighted by molar-refractivity contribution is 5.95. The van der Waals surface area contributed by atoms with E-state index in [0.717, 1.165) is 0 Å². The van der Waals surface area contributed by atoms with Crippen LogP contribution >= 0.6 is 0 Å². The van der Waals surface area contributed by atoms with Crippen LogP contribution < -0.4 is 27.7 Å². The highest BCUT2D eigenvalue weighted by atomic mass is 16.5. The Morgan fingerprint density at radius 3 is 1.47 bits per heavy atom. The average molecular weight is 217 g/mol. The molecular formula is C6H11N5O4. The van der Waals surface area contributed by atoms with Crippen LogP contribution in [0, 0.1) is 0 Å². The van der Waals surface area contributed by atoms with Crippen LogP contribution in [-0.4, -0.2) is 20.8 Å². The molecule has 0 aliphatic carbocycles. The molecule has 0 spiro atoms. The van der Waals surface area contributed by atoms with E-state index in [1.807, 2.05) is 0 Å². The number of hydrogen-bond donors (Lipinski definition) is 9. The van der Waals surface area contributed by atoms with Crippen molar-refractivity contribution in [2.45, 2.75) is 0 Å². The van der Waals surface area contributed by atoms with Crippen molar-refractivity contribution < 1.29 is 20.8 Å². The molecule has 0 aliphatic heterocycles. The van der Waals surface area contributed by atoms with E-state index in [4.69, 9.17) is 26.6 Å². The molecule has 0 atom stereocenters. The van der Waals surface area contributed by atoms with Gasteiger partial charge in [0.1, 0.15) is 11.4 Å². The fourth-order valence-electron chi connectivity index (χ4n) is 1.12. The molecule has 0 heterocycles. The summed E-state index contributed by atoms with van der Waals surface area (Å²) in [5, 5.41) is 34.9. The SMILES string of the molecule is Nc1c(NO)c(NO)cc(NO)c1NO. The van der Waals surface area contributed by atoms with Crippen LogP contribution in [0.25, 0.3) is 0 Å². The summed E-state index contributed by atoms with van der Waals surface area (Å²) in [6.45, 7) is 0. The van der Waals surface area contributed by atoms with E-state index >= 15 is 0 Å². The molecule has 0 saturated carbocycles. The van der Waals surface area contributed by atoms with Gasteiger partial charge in [0, 0.05) is 0 Å². The van der Waals surface area contributed by atoms with E-state index in [-0.39, 0.29) is 28.4 Å². The van der Waals surface area contributed by atoms with Gasteiger partial charge >= 0.3 is 0 Å². The summed E-state index contributed by atoms with van der Waals surface area (Å²) in [5.41, 5.74) is 12.2. The van der Waals surface area contributed by atoms with E-state index < -0.39 is 0 Å². The summed E-state index contributed by atoms with van der Waals surface area (Å²) in [6, 6.07) is 1.19. The molecule has 0 unspecified atom stereocenters. The standard InChI is InChI=1S/C6H11N5O4/c7-4-5(10-14)2(8-12)1-3(9-13)6(4)11-15/h1,8-15H,7H2. The van der Waals surface area contributed by atoms with E-state index in [0.29, 0.717) is 0 Å². The van der Waals surface area contributed by atoms with Crippen molar-refractivity contribution in [2.75, 3.05) is 27.7 Å². The molecule has 0 saturated heterocycles. The zero-order chi connectivity index (χ0) is 11.4. The first-order chi connectivity index (χ1) is 7.19. The van der Waals surface area contributed by atoms with E-state index in [1.54, 1.807) is 21.9 Å². The van der Waals surface area contributed by atoms with Gasteiger partial charge in [-0.25, -0.2) is 0 Å². The normalized spacial score (nSPS) is 9.60. The van der Waals surface area contributed by atoms with Crippen molar-refractivity contribution in [3.8, 4) is 0 Å². The maximum atomic E-state index is 8.74. The Morgan fingerprint density at radius 2 is 1.20 bits per heavy atom. The van der Waals surface area contributed by atoms with Crippen molar-refractivity contribution in [1.82, 2.24) is 0 Å². The Hall–Kier alpha value is -1.94. The highest BCUT2D eigenvalue weighted by Gasteiger charge is 2.15. The fourth-order valence-corrected chi connectivity index (χ4v) is 1.12. The number of benzene rings is 1. The summed E-state index contributed by atoms with van der Waals surface area (Å²) < 4.78 is 0. The van der Waals surface area contributed by atoms with Gasteiger partial charge in [-0.15, -0.1) is 0 Å². The molecule has 0 aliphatic rings. The molecule has 1 rings (SSSR count). The van der Waals surface area contributed by atoms with Crippen molar-refractivity contribution in [3.05, 3.63) is 6.07 Å². The molecule has 15 heavy (non-hydrogen) atoms. The molecule has 1 aromatic rings. The smallest absolute Gasteiger partial charge is 0.111 e. The van der Waals surface area contributed by atoms with Gasteiger partial charge in [-0.05, 0) is 6.07 Å². The van der Waals surface area contributed by atoms with Gasteiger partial charge < -0.3 is 5.73 Å². The summed E-state index contributed by atoms with van der Waals surface area (Å²) in [4.78, 5) is 0. The maximum absolute atomic E-state index is 8.74. The molecule has 0 fully saturated rings. The Labute approximate surface area is 84.0 Å². The molecule has 84 valence electrons. The van der Waals surface area contributed by atoms with Gasteiger partial charge in [0.25, 0.3) is 0 Å². The lowest BCUT2D eigenvalue weighted by molar-refractivity contribution is 0.373. The van der Waals surface area contributed by atoms with Crippen molar-refractivity contribution in [2.24, 2.45) is 0 Å². The van der Waals surface area contributed by atoms with Crippen LogP contribution in [-0.2, 0) is 0 Å². The largest absolute Gasteiger partial charge is 0.395 e. The summed E-state index contributed by atoms with van der Waals surface area (Å²) in [5.74, 6) is 0. The lowest BCUT2D eigenvalue weighted by Gasteiger charge is -2.16. The van der Waals surface area contributed by atoms with Gasteiger partial charge in [-0.3, -0.25) is 42.7 Å². The minimum Gasteiger partial charge on any atom is -0.395 e. The first-order valence-electron chi connectivity index (χ1n) is 3.76. The molecule has 9 nitrogen and oxygen atoms in total. The lowest BCUT2D eigenvalue weighted by Crippen LogP contribution is -2.08. The topological polar surface area (TPSA) is 155 Å². The molecule has 0 aromatic heterocycles. The van der Waals surface area contributed by atoms with Crippen LogP contribution in [0.15, 0.2) is 6.07 Å². The summed E-state index contributed by atoms with van der Waals surface area (Å²) >= 11 is 0. The minimum atomic E-state index is -0.115. The summed E-state index contributed by atoms with van der Waals surface area (Å²) in [7, 11) is 0. The molecule has 0 radical (unpaired) electrons. The van der Waals surface area contributed by atoms with Crippen molar-refractivity contribution in [1.29, 1.82) is 0 Å². The van der Waals surface area contributed by atoms with E-state index in [2.05, 4.69) is 0 Å². The predicted molar refractivity (Wildman–Crippen MR) is 52.5 cm³/mol. The lowest BCUT2D eigenvalue weighted by atomic mass is 10.1. The van der Waals surface area contributed by atoms with Gasteiger partial charge in [0.15, 0.2) is 0 Å². The van der Waals surface area contributed by atoms with E-state index in [1.165, 1.54) is 6.07 Å². The number of hydrogen-bond acceptors (Lipinski definition) is 9. The molecule has 9 heteroatoms. The quantitative estimate of drug-likeness (QED) is 0.258. The second-order valence-electron chi connectivity index (χ2n) is 2.58. The third-order valence-corrected chi connectivity index (χ3v) is 1.83. The average Bonchev–Trinajstić information content (AvgIpc) is 2.27. The Bertz CT molecular complexity index is 328. The van der Waals surface area contributed by atoms with Crippen LogP contribution in [0.5, 0.6) is 0 Å². The van der Waals surface area contributed by atoms with Gasteiger partial charge in [-0.1, -0.05) is 0 Å². The van der Waals surface area contributed by atoms with Crippen molar-refractivity contribution >= 4 is 28.4 Å². The zero-order valence-corrected chi connectivity index (χ0v) is 7.44. The summed E-state index contributed by atoms with van der Waals surface area (Å²) in [6.07, 6.45) is 0. The van der Waals surface area contributed by atoms with Crippen molar-refractivity contribution in [3.63, 3.8) is 0 Å². The third-order valence-electron chi connectivity index (χ3n) is 1.83. The Balaban J connectivity index is 3.41. The van der Waals surface area contributed by atoms with Gasteiger partial charge in [0.05, 0.1) is 17.1 Å². The van der Waals surface area contributed by atoms with Crippen LogP contribution in [0.4, 0.5) is 28.4 Å². The number of nitrogen functional groups attached to an aromatic ring is 1. The van der Waals surface area contributed by atoms with Crippen LogP contribution in [0.2, 0.25) is 0 Å². The van der Waals surface area contributed by atoms with Gasteiger partial charge in [0.2, 0.25) is 0 Å². The second kappa shape index (κ2) is 4.52. The molecule has 0 amide bonds. The van der Waals surface area contributed by atoms with Gasteiger partial charge in [-0.2, -0.15) is 0 Å². The predicted octanol–water partition coefficient (Wildman–Crippen LogP) is 0.473. The second-order valence-corrected chi connectivity index (χ2v) is 2.58. The third kappa shape index (κ3) is 1.80. The molecule has 0 bridgehead atoms. The maximum Gasteiger partial charge on any atom is 0.111 e. The number of rotatable bonds is 4. The van der Waals surface area contributed by atoms with E-state index in [9.17, 15) is 0 Å². The van der Waals surface area contributed by atoms with Crippen LogP contribution in [0.3, 0.4) is 0 Å². The Kier molecular flexibility index (Phi) is 3.36. The first kappa shape index (κ1) is 11.1.